The maximum absolute atomic E-state index is 12.4. The standard InChI is InChI=1S/C14H15ClN4O2/c15-10-2-1-3-11(8-10)19-13(16)9-12(17-19)14(20)18-4-6-21-7-5-18/h1-3,8-9H,4-7,16H2. The van der Waals surface area contributed by atoms with Gasteiger partial charge in [0, 0.05) is 24.2 Å². The molecule has 1 amide bonds. The lowest BCUT2D eigenvalue weighted by molar-refractivity contribution is 0.0298. The highest BCUT2D eigenvalue weighted by Crippen LogP contribution is 2.19. The van der Waals surface area contributed by atoms with Crippen molar-refractivity contribution in [3.05, 3.63) is 41.0 Å². The van der Waals surface area contributed by atoms with Crippen LogP contribution in [0.15, 0.2) is 30.3 Å². The molecule has 2 N–H and O–H groups in total. The van der Waals surface area contributed by atoms with E-state index in [2.05, 4.69) is 5.10 Å². The first-order valence-electron chi connectivity index (χ1n) is 6.63. The number of morpholine rings is 1. The van der Waals surface area contributed by atoms with Crippen molar-refractivity contribution in [3.63, 3.8) is 0 Å². The Morgan fingerprint density at radius 2 is 2.05 bits per heavy atom. The van der Waals surface area contributed by atoms with E-state index in [0.717, 1.165) is 5.69 Å². The lowest BCUT2D eigenvalue weighted by Crippen LogP contribution is -2.40. The second kappa shape index (κ2) is 5.75. The number of hydrogen-bond donors (Lipinski definition) is 1. The molecular weight excluding hydrogens is 292 g/mol. The highest BCUT2D eigenvalue weighted by molar-refractivity contribution is 6.30. The summed E-state index contributed by atoms with van der Waals surface area (Å²) < 4.78 is 6.75. The number of halogens is 1. The van der Waals surface area contributed by atoms with Gasteiger partial charge in [-0.1, -0.05) is 17.7 Å². The summed E-state index contributed by atoms with van der Waals surface area (Å²) in [6, 6.07) is 8.73. The van der Waals surface area contributed by atoms with Crippen molar-refractivity contribution in [1.82, 2.24) is 14.7 Å². The van der Waals surface area contributed by atoms with Gasteiger partial charge in [-0.2, -0.15) is 5.10 Å². The predicted octanol–water partition coefficient (Wildman–Crippen LogP) is 1.58. The van der Waals surface area contributed by atoms with E-state index in [4.69, 9.17) is 22.1 Å². The molecule has 1 aromatic carbocycles. The number of anilines is 1. The summed E-state index contributed by atoms with van der Waals surface area (Å²) in [7, 11) is 0. The molecule has 0 spiro atoms. The van der Waals surface area contributed by atoms with Gasteiger partial charge in [0.15, 0.2) is 5.69 Å². The number of rotatable bonds is 2. The predicted molar refractivity (Wildman–Crippen MR) is 79.7 cm³/mol. The van der Waals surface area contributed by atoms with Crippen LogP contribution in [0.2, 0.25) is 5.02 Å². The van der Waals surface area contributed by atoms with Gasteiger partial charge in [0.2, 0.25) is 0 Å². The molecular formula is C14H15ClN4O2. The number of hydrogen-bond acceptors (Lipinski definition) is 4. The fraction of sp³-hybridized carbons (Fsp3) is 0.286. The molecule has 6 nitrogen and oxygen atoms in total. The molecule has 1 aromatic heterocycles. The van der Waals surface area contributed by atoms with Crippen molar-refractivity contribution in [3.8, 4) is 5.69 Å². The van der Waals surface area contributed by atoms with Gasteiger partial charge >= 0.3 is 0 Å². The summed E-state index contributed by atoms with van der Waals surface area (Å²) >= 11 is 5.97. The number of amides is 1. The van der Waals surface area contributed by atoms with Crippen molar-refractivity contribution >= 4 is 23.3 Å². The SMILES string of the molecule is Nc1cc(C(=O)N2CCOCC2)nn1-c1cccc(Cl)c1. The Morgan fingerprint density at radius 3 is 2.76 bits per heavy atom. The summed E-state index contributed by atoms with van der Waals surface area (Å²) in [5.41, 5.74) is 7.00. The topological polar surface area (TPSA) is 73.4 Å². The van der Waals surface area contributed by atoms with E-state index in [1.165, 1.54) is 4.68 Å². The number of nitrogens with two attached hydrogens (primary N) is 1. The van der Waals surface area contributed by atoms with Crippen LogP contribution in [0.25, 0.3) is 5.69 Å². The Labute approximate surface area is 127 Å². The van der Waals surface area contributed by atoms with Crippen LogP contribution >= 0.6 is 11.6 Å². The minimum absolute atomic E-state index is 0.134. The van der Waals surface area contributed by atoms with Gasteiger partial charge in [-0.3, -0.25) is 4.79 Å². The second-order valence-corrected chi connectivity index (χ2v) is 5.19. The molecule has 1 saturated heterocycles. The van der Waals surface area contributed by atoms with Crippen molar-refractivity contribution in [1.29, 1.82) is 0 Å². The van der Waals surface area contributed by atoms with Gasteiger partial charge in [0.25, 0.3) is 5.91 Å². The molecule has 0 atom stereocenters. The van der Waals surface area contributed by atoms with Crippen molar-refractivity contribution < 1.29 is 9.53 Å². The van der Waals surface area contributed by atoms with E-state index in [1.807, 2.05) is 12.1 Å². The number of ether oxygens (including phenoxy) is 1. The number of carbonyl (C=O) groups excluding carboxylic acids is 1. The highest BCUT2D eigenvalue weighted by atomic mass is 35.5. The molecule has 21 heavy (non-hydrogen) atoms. The number of nitrogen functional groups attached to an aromatic ring is 1. The molecule has 1 aliphatic heterocycles. The maximum Gasteiger partial charge on any atom is 0.274 e. The highest BCUT2D eigenvalue weighted by Gasteiger charge is 2.22. The van der Waals surface area contributed by atoms with Crippen LogP contribution in [0.3, 0.4) is 0 Å². The van der Waals surface area contributed by atoms with E-state index in [-0.39, 0.29) is 5.91 Å². The molecule has 0 bridgehead atoms. The van der Waals surface area contributed by atoms with Crippen LogP contribution in [0.1, 0.15) is 10.5 Å². The van der Waals surface area contributed by atoms with E-state index in [1.54, 1.807) is 23.1 Å². The van der Waals surface area contributed by atoms with E-state index in [9.17, 15) is 4.79 Å². The lowest BCUT2D eigenvalue weighted by Gasteiger charge is -2.25. The largest absolute Gasteiger partial charge is 0.384 e. The molecule has 2 heterocycles. The zero-order chi connectivity index (χ0) is 14.8. The molecule has 7 heteroatoms. The smallest absolute Gasteiger partial charge is 0.274 e. The normalized spacial score (nSPS) is 15.2. The fourth-order valence-electron chi connectivity index (χ4n) is 2.24. The first kappa shape index (κ1) is 13.9. The maximum atomic E-state index is 12.4. The van der Waals surface area contributed by atoms with Gasteiger partial charge in [-0.05, 0) is 18.2 Å². The van der Waals surface area contributed by atoms with Crippen LogP contribution in [0.5, 0.6) is 0 Å². The van der Waals surface area contributed by atoms with Crippen molar-refractivity contribution in [2.24, 2.45) is 0 Å². The first-order chi connectivity index (χ1) is 10.1. The summed E-state index contributed by atoms with van der Waals surface area (Å²) in [6.45, 7) is 2.25. The Morgan fingerprint density at radius 1 is 1.29 bits per heavy atom. The summed E-state index contributed by atoms with van der Waals surface area (Å²) in [5, 5.41) is 4.88. The van der Waals surface area contributed by atoms with Crippen LogP contribution in [-0.4, -0.2) is 46.9 Å². The summed E-state index contributed by atoms with van der Waals surface area (Å²) in [5.74, 6) is 0.264. The zero-order valence-electron chi connectivity index (χ0n) is 11.3. The fourth-order valence-corrected chi connectivity index (χ4v) is 2.43. The lowest BCUT2D eigenvalue weighted by atomic mass is 10.3. The van der Waals surface area contributed by atoms with Crippen LogP contribution < -0.4 is 5.73 Å². The average molecular weight is 307 g/mol. The minimum Gasteiger partial charge on any atom is -0.384 e. The number of aromatic nitrogens is 2. The molecule has 1 aliphatic rings. The second-order valence-electron chi connectivity index (χ2n) is 4.75. The number of nitrogens with zero attached hydrogens (tertiary/aromatic N) is 3. The Balaban J connectivity index is 1.88. The minimum atomic E-state index is -0.134. The van der Waals surface area contributed by atoms with Gasteiger partial charge < -0.3 is 15.4 Å². The third kappa shape index (κ3) is 2.86. The zero-order valence-corrected chi connectivity index (χ0v) is 12.1. The van der Waals surface area contributed by atoms with Gasteiger partial charge in [-0.15, -0.1) is 0 Å². The van der Waals surface area contributed by atoms with Gasteiger partial charge in [0.05, 0.1) is 18.9 Å². The molecule has 0 radical (unpaired) electrons. The Bertz CT molecular complexity index is 665. The van der Waals surface area contributed by atoms with Crippen molar-refractivity contribution in [2.45, 2.75) is 0 Å². The van der Waals surface area contributed by atoms with Crippen molar-refractivity contribution in [2.75, 3.05) is 32.0 Å². The molecule has 2 aromatic rings. The van der Waals surface area contributed by atoms with Crippen LogP contribution in [0, 0.1) is 0 Å². The van der Waals surface area contributed by atoms with Gasteiger partial charge in [0.1, 0.15) is 5.82 Å². The van der Waals surface area contributed by atoms with E-state index < -0.39 is 0 Å². The van der Waals surface area contributed by atoms with E-state index in [0.29, 0.717) is 42.8 Å². The molecule has 0 unspecified atom stereocenters. The van der Waals surface area contributed by atoms with E-state index >= 15 is 0 Å². The number of carbonyl (C=O) groups is 1. The summed E-state index contributed by atoms with van der Waals surface area (Å²) in [6.07, 6.45) is 0. The molecule has 3 rings (SSSR count). The van der Waals surface area contributed by atoms with Gasteiger partial charge in [-0.25, -0.2) is 4.68 Å². The number of benzene rings is 1. The summed E-state index contributed by atoms with van der Waals surface area (Å²) in [4.78, 5) is 14.1. The molecule has 110 valence electrons. The quantitative estimate of drug-likeness (QED) is 0.914. The molecule has 1 fully saturated rings. The molecule has 0 saturated carbocycles. The average Bonchev–Trinajstić information content (AvgIpc) is 2.89. The monoisotopic (exact) mass is 306 g/mol. The Kier molecular flexibility index (Phi) is 3.81. The van der Waals surface area contributed by atoms with Crippen LogP contribution in [0.4, 0.5) is 5.82 Å². The third-order valence-electron chi connectivity index (χ3n) is 3.31. The first-order valence-corrected chi connectivity index (χ1v) is 7.01. The Hall–Kier alpha value is -2.05. The third-order valence-corrected chi connectivity index (χ3v) is 3.54. The molecule has 0 aliphatic carbocycles. The van der Waals surface area contributed by atoms with Crippen LogP contribution in [-0.2, 0) is 4.74 Å².